The lowest BCUT2D eigenvalue weighted by molar-refractivity contribution is 0.226. The van der Waals surface area contributed by atoms with Crippen molar-refractivity contribution in [3.63, 3.8) is 0 Å². The topological polar surface area (TPSA) is 67.2 Å². The molecule has 2 N–H and O–H groups in total. The van der Waals surface area contributed by atoms with Crippen LogP contribution in [0, 0.1) is 6.92 Å². The molecule has 0 atom stereocenters. The molecule has 2 amide bonds. The highest BCUT2D eigenvalue weighted by atomic mass is 16.5. The molecule has 1 fully saturated rings. The SMILES string of the molecule is Cc1cc(CNC(=O)NC2CCC2)on1. The Morgan fingerprint density at radius 3 is 3.00 bits per heavy atom. The van der Waals surface area contributed by atoms with Crippen LogP contribution in [0.15, 0.2) is 10.6 Å². The summed E-state index contributed by atoms with van der Waals surface area (Å²) in [5.74, 6) is 0.677. The number of aryl methyl sites for hydroxylation is 1. The normalized spacial score (nSPS) is 15.8. The number of urea groups is 1. The summed E-state index contributed by atoms with van der Waals surface area (Å²) in [6, 6.07) is 2.04. The van der Waals surface area contributed by atoms with Crippen molar-refractivity contribution in [1.82, 2.24) is 15.8 Å². The third-order valence-electron chi connectivity index (χ3n) is 2.54. The molecule has 0 aromatic carbocycles. The summed E-state index contributed by atoms with van der Waals surface area (Å²) in [5, 5.41) is 9.35. The number of rotatable bonds is 3. The van der Waals surface area contributed by atoms with Gasteiger partial charge in [0.15, 0.2) is 5.76 Å². The zero-order chi connectivity index (χ0) is 10.7. The number of carbonyl (C=O) groups is 1. The second-order valence-corrected chi connectivity index (χ2v) is 3.89. The number of nitrogens with zero attached hydrogens (tertiary/aromatic N) is 1. The van der Waals surface area contributed by atoms with Gasteiger partial charge in [0.2, 0.25) is 0 Å². The van der Waals surface area contributed by atoms with E-state index in [0.717, 1.165) is 18.5 Å². The maximum atomic E-state index is 11.3. The Bertz CT molecular complexity index is 344. The minimum atomic E-state index is -0.131. The van der Waals surface area contributed by atoms with Gasteiger partial charge in [-0.25, -0.2) is 4.79 Å². The van der Waals surface area contributed by atoms with Crippen LogP contribution >= 0.6 is 0 Å². The molecule has 15 heavy (non-hydrogen) atoms. The van der Waals surface area contributed by atoms with Crippen LogP contribution in [0.1, 0.15) is 30.7 Å². The lowest BCUT2D eigenvalue weighted by Crippen LogP contribution is -2.44. The first-order chi connectivity index (χ1) is 7.24. The molecule has 2 rings (SSSR count). The highest BCUT2D eigenvalue weighted by molar-refractivity contribution is 5.74. The van der Waals surface area contributed by atoms with Gasteiger partial charge in [0.25, 0.3) is 0 Å². The number of hydrogen-bond donors (Lipinski definition) is 2. The Kier molecular flexibility index (Phi) is 2.89. The van der Waals surface area contributed by atoms with Crippen molar-refractivity contribution in [2.24, 2.45) is 0 Å². The first kappa shape index (κ1) is 10.0. The lowest BCUT2D eigenvalue weighted by atomic mass is 9.93. The van der Waals surface area contributed by atoms with E-state index in [4.69, 9.17) is 4.52 Å². The van der Waals surface area contributed by atoms with Crippen LogP contribution in [0.2, 0.25) is 0 Å². The monoisotopic (exact) mass is 209 g/mol. The predicted molar refractivity (Wildman–Crippen MR) is 54.3 cm³/mol. The van der Waals surface area contributed by atoms with E-state index in [1.54, 1.807) is 0 Å². The van der Waals surface area contributed by atoms with Crippen molar-refractivity contribution in [3.05, 3.63) is 17.5 Å². The minimum absolute atomic E-state index is 0.131. The van der Waals surface area contributed by atoms with E-state index in [2.05, 4.69) is 15.8 Å². The molecule has 0 spiro atoms. The van der Waals surface area contributed by atoms with Gasteiger partial charge in [0, 0.05) is 12.1 Å². The minimum Gasteiger partial charge on any atom is -0.359 e. The molecule has 5 heteroatoms. The molecule has 1 heterocycles. The van der Waals surface area contributed by atoms with Crippen molar-refractivity contribution in [1.29, 1.82) is 0 Å². The van der Waals surface area contributed by atoms with Crippen LogP contribution in [0.4, 0.5) is 4.79 Å². The fourth-order valence-electron chi connectivity index (χ4n) is 1.46. The molecular formula is C10H15N3O2. The summed E-state index contributed by atoms with van der Waals surface area (Å²) in [6.45, 7) is 2.24. The molecule has 0 radical (unpaired) electrons. The summed E-state index contributed by atoms with van der Waals surface area (Å²) in [4.78, 5) is 11.3. The molecule has 0 bridgehead atoms. The van der Waals surface area contributed by atoms with Gasteiger partial charge in [0.05, 0.1) is 12.2 Å². The Morgan fingerprint density at radius 2 is 2.47 bits per heavy atom. The van der Waals surface area contributed by atoms with Gasteiger partial charge in [-0.1, -0.05) is 5.16 Å². The second kappa shape index (κ2) is 4.33. The Balaban J connectivity index is 1.70. The number of hydrogen-bond acceptors (Lipinski definition) is 3. The summed E-state index contributed by atoms with van der Waals surface area (Å²) in [5.41, 5.74) is 0.825. The molecule has 0 aliphatic heterocycles. The van der Waals surface area contributed by atoms with Gasteiger partial charge in [-0.05, 0) is 26.2 Å². The van der Waals surface area contributed by atoms with Gasteiger partial charge in [-0.3, -0.25) is 0 Å². The van der Waals surface area contributed by atoms with Gasteiger partial charge in [0.1, 0.15) is 0 Å². The lowest BCUT2D eigenvalue weighted by Gasteiger charge is -2.26. The summed E-state index contributed by atoms with van der Waals surface area (Å²) < 4.78 is 4.97. The first-order valence-corrected chi connectivity index (χ1v) is 5.20. The molecular weight excluding hydrogens is 194 g/mol. The van der Waals surface area contributed by atoms with E-state index in [0.29, 0.717) is 18.3 Å². The fraction of sp³-hybridized carbons (Fsp3) is 0.600. The predicted octanol–water partition coefficient (Wildman–Crippen LogP) is 1.33. The number of amides is 2. The van der Waals surface area contributed by atoms with Crippen molar-refractivity contribution < 1.29 is 9.32 Å². The van der Waals surface area contributed by atoms with E-state index < -0.39 is 0 Å². The van der Waals surface area contributed by atoms with Crippen LogP contribution in [-0.2, 0) is 6.54 Å². The Morgan fingerprint density at radius 1 is 1.67 bits per heavy atom. The van der Waals surface area contributed by atoms with E-state index >= 15 is 0 Å². The molecule has 0 unspecified atom stereocenters. The van der Waals surface area contributed by atoms with E-state index in [-0.39, 0.29) is 6.03 Å². The van der Waals surface area contributed by atoms with Crippen LogP contribution in [0.25, 0.3) is 0 Å². The number of aromatic nitrogens is 1. The van der Waals surface area contributed by atoms with E-state index in [1.165, 1.54) is 6.42 Å². The van der Waals surface area contributed by atoms with Gasteiger partial charge in [-0.2, -0.15) is 0 Å². The fourth-order valence-corrected chi connectivity index (χ4v) is 1.46. The third-order valence-corrected chi connectivity index (χ3v) is 2.54. The van der Waals surface area contributed by atoms with Gasteiger partial charge >= 0.3 is 6.03 Å². The molecule has 1 saturated carbocycles. The molecule has 1 aliphatic rings. The number of nitrogens with one attached hydrogen (secondary N) is 2. The van der Waals surface area contributed by atoms with Crippen LogP contribution in [0.5, 0.6) is 0 Å². The standard InChI is InChI=1S/C10H15N3O2/c1-7-5-9(15-13-7)6-11-10(14)12-8-3-2-4-8/h5,8H,2-4,6H2,1H3,(H2,11,12,14). The first-order valence-electron chi connectivity index (χ1n) is 5.20. The smallest absolute Gasteiger partial charge is 0.315 e. The molecule has 82 valence electrons. The van der Waals surface area contributed by atoms with Crippen molar-refractivity contribution in [2.45, 2.75) is 38.8 Å². The van der Waals surface area contributed by atoms with Crippen LogP contribution < -0.4 is 10.6 Å². The molecule has 1 aromatic rings. The summed E-state index contributed by atoms with van der Waals surface area (Å²) >= 11 is 0. The van der Waals surface area contributed by atoms with Crippen molar-refractivity contribution in [2.75, 3.05) is 0 Å². The average Bonchev–Trinajstić information content (AvgIpc) is 2.55. The summed E-state index contributed by atoms with van der Waals surface area (Å²) in [6.07, 6.45) is 3.40. The largest absolute Gasteiger partial charge is 0.359 e. The van der Waals surface area contributed by atoms with Gasteiger partial charge in [-0.15, -0.1) is 0 Å². The quantitative estimate of drug-likeness (QED) is 0.789. The van der Waals surface area contributed by atoms with E-state index in [1.807, 2.05) is 13.0 Å². The third kappa shape index (κ3) is 2.71. The van der Waals surface area contributed by atoms with Crippen LogP contribution in [-0.4, -0.2) is 17.2 Å². The zero-order valence-electron chi connectivity index (χ0n) is 8.75. The van der Waals surface area contributed by atoms with E-state index in [9.17, 15) is 4.79 Å². The molecule has 5 nitrogen and oxygen atoms in total. The summed E-state index contributed by atoms with van der Waals surface area (Å²) in [7, 11) is 0. The highest BCUT2D eigenvalue weighted by Gasteiger charge is 2.19. The molecule has 1 aliphatic carbocycles. The Labute approximate surface area is 88.2 Å². The van der Waals surface area contributed by atoms with Crippen molar-refractivity contribution >= 4 is 6.03 Å². The highest BCUT2D eigenvalue weighted by Crippen LogP contribution is 2.17. The maximum Gasteiger partial charge on any atom is 0.315 e. The van der Waals surface area contributed by atoms with Crippen LogP contribution in [0.3, 0.4) is 0 Å². The van der Waals surface area contributed by atoms with Crippen molar-refractivity contribution in [3.8, 4) is 0 Å². The zero-order valence-corrected chi connectivity index (χ0v) is 8.75. The Hall–Kier alpha value is -1.52. The molecule has 0 saturated heterocycles. The maximum absolute atomic E-state index is 11.3. The average molecular weight is 209 g/mol. The number of carbonyl (C=O) groups excluding carboxylic acids is 1. The molecule has 1 aromatic heterocycles. The van der Waals surface area contributed by atoms with Gasteiger partial charge < -0.3 is 15.2 Å². The second-order valence-electron chi connectivity index (χ2n) is 3.89.